The normalized spacial score (nSPS) is 31.7. The number of hydrogen-bond acceptors (Lipinski definition) is 2. The van der Waals surface area contributed by atoms with Crippen LogP contribution in [0.2, 0.25) is 0 Å². The van der Waals surface area contributed by atoms with Gasteiger partial charge in [-0.2, -0.15) is 0 Å². The Balaban J connectivity index is 2.51. The Kier molecular flexibility index (Phi) is 2.88. The van der Waals surface area contributed by atoms with Gasteiger partial charge in [0.25, 0.3) is 0 Å². The fourth-order valence-corrected chi connectivity index (χ4v) is 1.68. The highest BCUT2D eigenvalue weighted by Gasteiger charge is 2.28. The van der Waals surface area contributed by atoms with Gasteiger partial charge in [0.05, 0.1) is 5.92 Å². The van der Waals surface area contributed by atoms with Gasteiger partial charge >= 0.3 is 5.97 Å². The summed E-state index contributed by atoms with van der Waals surface area (Å²) >= 11 is 0. The fourth-order valence-electron chi connectivity index (χ4n) is 1.68. The van der Waals surface area contributed by atoms with E-state index >= 15 is 0 Å². The van der Waals surface area contributed by atoms with Crippen LogP contribution >= 0.6 is 0 Å². The topological polar surface area (TPSA) is 49.3 Å². The molecule has 0 radical (unpaired) electrons. The number of carbonyl (C=O) groups is 1. The Morgan fingerprint density at radius 3 is 2.91 bits per heavy atom. The second kappa shape index (κ2) is 3.72. The minimum Gasteiger partial charge on any atom is -0.481 e. The zero-order valence-corrected chi connectivity index (χ0v) is 6.84. The van der Waals surface area contributed by atoms with Crippen molar-refractivity contribution in [3.63, 3.8) is 0 Å². The average Bonchev–Trinajstić information content (AvgIpc) is 2.04. The third kappa shape index (κ3) is 1.93. The first kappa shape index (κ1) is 8.53. The number of carboxylic acid groups (broad SMARTS) is 1. The van der Waals surface area contributed by atoms with Crippen molar-refractivity contribution < 1.29 is 9.90 Å². The van der Waals surface area contributed by atoms with Crippen LogP contribution in [-0.2, 0) is 4.79 Å². The minimum absolute atomic E-state index is 0.159. The van der Waals surface area contributed by atoms with E-state index in [1.54, 1.807) is 0 Å². The van der Waals surface area contributed by atoms with E-state index in [-0.39, 0.29) is 12.0 Å². The summed E-state index contributed by atoms with van der Waals surface area (Å²) in [5.74, 6) is -0.808. The van der Waals surface area contributed by atoms with Gasteiger partial charge in [-0.25, -0.2) is 0 Å². The second-order valence-electron chi connectivity index (χ2n) is 3.06. The monoisotopic (exact) mass is 157 g/mol. The molecular formula is C8H15NO2. The van der Waals surface area contributed by atoms with Gasteiger partial charge in [-0.05, 0) is 25.8 Å². The number of aliphatic carboxylic acids is 1. The van der Waals surface area contributed by atoms with E-state index in [9.17, 15) is 4.79 Å². The number of hydrogen-bond donors (Lipinski definition) is 2. The molecule has 2 atom stereocenters. The number of carboxylic acids is 1. The summed E-state index contributed by atoms with van der Waals surface area (Å²) in [5.41, 5.74) is 0. The first-order valence-corrected chi connectivity index (χ1v) is 4.22. The molecular weight excluding hydrogens is 142 g/mol. The highest BCUT2D eigenvalue weighted by atomic mass is 16.4. The Bertz CT molecular complexity index is 147. The van der Waals surface area contributed by atoms with Crippen molar-refractivity contribution in [3.05, 3.63) is 0 Å². The third-order valence-corrected chi connectivity index (χ3v) is 2.34. The Hall–Kier alpha value is -0.570. The van der Waals surface area contributed by atoms with E-state index in [2.05, 4.69) is 5.32 Å². The second-order valence-corrected chi connectivity index (χ2v) is 3.06. The maximum Gasteiger partial charge on any atom is 0.308 e. The summed E-state index contributed by atoms with van der Waals surface area (Å²) in [4.78, 5) is 10.7. The van der Waals surface area contributed by atoms with Crippen LogP contribution in [-0.4, -0.2) is 23.7 Å². The number of nitrogens with one attached hydrogen (secondary N) is 1. The molecule has 0 unspecified atom stereocenters. The summed E-state index contributed by atoms with van der Waals surface area (Å²) in [6.07, 6.45) is 2.74. The maximum atomic E-state index is 10.7. The SMILES string of the molecule is CC[C@@H]1NCCC[C@@H]1C(=O)O. The van der Waals surface area contributed by atoms with Crippen molar-refractivity contribution in [2.45, 2.75) is 32.2 Å². The minimum atomic E-state index is -0.649. The molecule has 1 heterocycles. The molecule has 3 nitrogen and oxygen atoms in total. The van der Waals surface area contributed by atoms with Gasteiger partial charge in [0.15, 0.2) is 0 Å². The van der Waals surface area contributed by atoms with Crippen molar-refractivity contribution in [1.29, 1.82) is 0 Å². The quantitative estimate of drug-likeness (QED) is 0.624. The van der Waals surface area contributed by atoms with Gasteiger partial charge in [-0.15, -0.1) is 0 Å². The molecule has 1 saturated heterocycles. The number of piperidine rings is 1. The van der Waals surface area contributed by atoms with Gasteiger partial charge in [0.2, 0.25) is 0 Å². The number of rotatable bonds is 2. The predicted octanol–water partition coefficient (Wildman–Crippen LogP) is 0.849. The van der Waals surface area contributed by atoms with Crippen LogP contribution in [0, 0.1) is 5.92 Å². The van der Waals surface area contributed by atoms with Crippen LogP contribution < -0.4 is 5.32 Å². The summed E-state index contributed by atoms with van der Waals surface area (Å²) in [5, 5.41) is 12.0. The third-order valence-electron chi connectivity index (χ3n) is 2.34. The Morgan fingerprint density at radius 2 is 2.45 bits per heavy atom. The van der Waals surface area contributed by atoms with Crippen molar-refractivity contribution in [1.82, 2.24) is 5.32 Å². The van der Waals surface area contributed by atoms with Gasteiger partial charge in [-0.3, -0.25) is 4.79 Å². The average molecular weight is 157 g/mol. The smallest absolute Gasteiger partial charge is 0.308 e. The molecule has 64 valence electrons. The van der Waals surface area contributed by atoms with E-state index in [1.807, 2.05) is 6.92 Å². The Labute approximate surface area is 66.8 Å². The van der Waals surface area contributed by atoms with Crippen LogP contribution in [0.4, 0.5) is 0 Å². The molecule has 0 aromatic heterocycles. The van der Waals surface area contributed by atoms with Crippen LogP contribution in [0.3, 0.4) is 0 Å². The maximum absolute atomic E-state index is 10.7. The lowest BCUT2D eigenvalue weighted by Gasteiger charge is -2.28. The lowest BCUT2D eigenvalue weighted by atomic mass is 9.89. The molecule has 1 fully saturated rings. The summed E-state index contributed by atoms with van der Waals surface area (Å²) < 4.78 is 0. The van der Waals surface area contributed by atoms with Crippen LogP contribution in [0.25, 0.3) is 0 Å². The van der Waals surface area contributed by atoms with E-state index < -0.39 is 5.97 Å². The van der Waals surface area contributed by atoms with Crippen molar-refractivity contribution in [2.75, 3.05) is 6.54 Å². The van der Waals surface area contributed by atoms with Crippen LogP contribution in [0.5, 0.6) is 0 Å². The zero-order valence-electron chi connectivity index (χ0n) is 6.84. The first-order chi connectivity index (χ1) is 5.25. The van der Waals surface area contributed by atoms with Gasteiger partial charge in [-0.1, -0.05) is 6.92 Å². The molecule has 3 heteroatoms. The fraction of sp³-hybridized carbons (Fsp3) is 0.875. The summed E-state index contributed by atoms with van der Waals surface area (Å²) in [7, 11) is 0. The van der Waals surface area contributed by atoms with Crippen LogP contribution in [0.1, 0.15) is 26.2 Å². The highest BCUT2D eigenvalue weighted by Crippen LogP contribution is 2.18. The molecule has 0 amide bonds. The summed E-state index contributed by atoms with van der Waals surface area (Å²) in [6, 6.07) is 0.196. The van der Waals surface area contributed by atoms with Gasteiger partial charge in [0, 0.05) is 6.04 Å². The molecule has 1 aliphatic heterocycles. The molecule has 2 N–H and O–H groups in total. The highest BCUT2D eigenvalue weighted by molar-refractivity contribution is 5.71. The predicted molar refractivity (Wildman–Crippen MR) is 42.4 cm³/mol. The molecule has 0 bridgehead atoms. The summed E-state index contributed by atoms with van der Waals surface area (Å²) in [6.45, 7) is 3.00. The molecule has 0 spiro atoms. The molecule has 1 aliphatic rings. The standard InChI is InChI=1S/C8H15NO2/c1-2-7-6(8(10)11)4-3-5-9-7/h6-7,9H,2-5H2,1H3,(H,10,11)/t6-,7-/m0/s1. The van der Waals surface area contributed by atoms with E-state index in [0.29, 0.717) is 0 Å². The molecule has 0 aromatic rings. The largest absolute Gasteiger partial charge is 0.481 e. The van der Waals surface area contributed by atoms with Crippen LogP contribution in [0.15, 0.2) is 0 Å². The zero-order chi connectivity index (χ0) is 8.27. The molecule has 11 heavy (non-hydrogen) atoms. The molecule has 0 aliphatic carbocycles. The lowest BCUT2D eigenvalue weighted by molar-refractivity contribution is -0.143. The first-order valence-electron chi connectivity index (χ1n) is 4.22. The van der Waals surface area contributed by atoms with E-state index in [0.717, 1.165) is 25.8 Å². The van der Waals surface area contributed by atoms with Crippen molar-refractivity contribution >= 4 is 5.97 Å². The molecule has 0 saturated carbocycles. The Morgan fingerprint density at radius 1 is 1.73 bits per heavy atom. The van der Waals surface area contributed by atoms with E-state index in [4.69, 9.17) is 5.11 Å². The molecule has 1 rings (SSSR count). The molecule has 0 aromatic carbocycles. The van der Waals surface area contributed by atoms with Crippen molar-refractivity contribution in [2.24, 2.45) is 5.92 Å². The van der Waals surface area contributed by atoms with Crippen molar-refractivity contribution in [3.8, 4) is 0 Å². The van der Waals surface area contributed by atoms with E-state index in [1.165, 1.54) is 0 Å². The lowest BCUT2D eigenvalue weighted by Crippen LogP contribution is -2.44. The van der Waals surface area contributed by atoms with Gasteiger partial charge < -0.3 is 10.4 Å². The van der Waals surface area contributed by atoms with Gasteiger partial charge in [0.1, 0.15) is 0 Å².